The SMILES string of the molecule is Cc1ccc(S(=O)(=O)N2CCN(CCOc3ccccc3)CC2)cc1[N+](=O)[O-]. The summed E-state index contributed by atoms with van der Waals surface area (Å²) in [5, 5.41) is 11.1. The van der Waals surface area contributed by atoms with Crippen molar-refractivity contribution in [1.82, 2.24) is 9.21 Å². The van der Waals surface area contributed by atoms with Gasteiger partial charge in [0, 0.05) is 44.4 Å². The minimum atomic E-state index is -3.75. The molecule has 0 spiro atoms. The zero-order valence-electron chi connectivity index (χ0n) is 15.7. The second-order valence-electron chi connectivity index (χ2n) is 6.61. The topological polar surface area (TPSA) is 93.0 Å². The Morgan fingerprint density at radius 2 is 1.75 bits per heavy atom. The molecule has 8 nitrogen and oxygen atoms in total. The number of hydrogen-bond donors (Lipinski definition) is 0. The van der Waals surface area contributed by atoms with Crippen molar-refractivity contribution in [2.75, 3.05) is 39.3 Å². The first-order valence-corrected chi connectivity index (χ1v) is 10.5. The number of nitro benzene ring substituents is 1. The fourth-order valence-corrected chi connectivity index (χ4v) is 4.54. The van der Waals surface area contributed by atoms with Gasteiger partial charge in [-0.2, -0.15) is 4.31 Å². The Morgan fingerprint density at radius 1 is 1.07 bits per heavy atom. The normalized spacial score (nSPS) is 16.0. The molecule has 9 heteroatoms. The van der Waals surface area contributed by atoms with Crippen molar-refractivity contribution in [2.24, 2.45) is 0 Å². The van der Waals surface area contributed by atoms with Gasteiger partial charge in [-0.25, -0.2) is 8.42 Å². The molecule has 2 aromatic rings. The Hall–Kier alpha value is -2.49. The molecule has 0 aliphatic carbocycles. The highest BCUT2D eigenvalue weighted by Gasteiger charge is 2.29. The molecule has 0 aromatic heterocycles. The van der Waals surface area contributed by atoms with Crippen molar-refractivity contribution in [3.05, 3.63) is 64.2 Å². The average Bonchev–Trinajstić information content (AvgIpc) is 2.69. The van der Waals surface area contributed by atoms with E-state index in [4.69, 9.17) is 4.74 Å². The summed E-state index contributed by atoms with van der Waals surface area (Å²) in [6.45, 7) is 4.69. The van der Waals surface area contributed by atoms with Gasteiger partial charge in [0.2, 0.25) is 10.0 Å². The first-order chi connectivity index (χ1) is 13.4. The van der Waals surface area contributed by atoms with E-state index >= 15 is 0 Å². The summed E-state index contributed by atoms with van der Waals surface area (Å²) in [4.78, 5) is 12.7. The molecule has 0 N–H and O–H groups in total. The quantitative estimate of drug-likeness (QED) is 0.518. The Balaban J connectivity index is 1.56. The van der Waals surface area contributed by atoms with Gasteiger partial charge in [0.25, 0.3) is 5.69 Å². The molecule has 1 heterocycles. The van der Waals surface area contributed by atoms with Crippen LogP contribution in [0.2, 0.25) is 0 Å². The molecule has 0 radical (unpaired) electrons. The lowest BCUT2D eigenvalue weighted by atomic mass is 10.2. The van der Waals surface area contributed by atoms with E-state index in [0.29, 0.717) is 44.9 Å². The number of para-hydroxylation sites is 1. The van der Waals surface area contributed by atoms with Crippen LogP contribution < -0.4 is 4.74 Å². The maximum absolute atomic E-state index is 12.8. The third kappa shape index (κ3) is 4.67. The highest BCUT2D eigenvalue weighted by Crippen LogP contribution is 2.25. The molecule has 0 amide bonds. The summed E-state index contributed by atoms with van der Waals surface area (Å²) < 4.78 is 32.7. The van der Waals surface area contributed by atoms with Crippen LogP contribution in [0.15, 0.2) is 53.4 Å². The Kier molecular flexibility index (Phi) is 6.28. The first kappa shape index (κ1) is 20.2. The van der Waals surface area contributed by atoms with Crippen LogP contribution in [0.1, 0.15) is 5.56 Å². The van der Waals surface area contributed by atoms with Gasteiger partial charge in [-0.05, 0) is 25.1 Å². The molecular formula is C19H23N3O5S. The number of benzene rings is 2. The van der Waals surface area contributed by atoms with E-state index in [2.05, 4.69) is 4.90 Å². The molecule has 0 bridgehead atoms. The van der Waals surface area contributed by atoms with Gasteiger partial charge >= 0.3 is 0 Å². The first-order valence-electron chi connectivity index (χ1n) is 9.03. The van der Waals surface area contributed by atoms with E-state index in [0.717, 1.165) is 11.8 Å². The largest absolute Gasteiger partial charge is 0.492 e. The molecular weight excluding hydrogens is 382 g/mol. The maximum atomic E-state index is 12.8. The van der Waals surface area contributed by atoms with Gasteiger partial charge in [0.1, 0.15) is 12.4 Å². The summed E-state index contributed by atoms with van der Waals surface area (Å²) >= 11 is 0. The zero-order valence-corrected chi connectivity index (χ0v) is 16.5. The van der Waals surface area contributed by atoms with Crippen molar-refractivity contribution in [3.63, 3.8) is 0 Å². The molecule has 150 valence electrons. The minimum Gasteiger partial charge on any atom is -0.492 e. The fraction of sp³-hybridized carbons (Fsp3) is 0.368. The number of nitro groups is 1. The van der Waals surface area contributed by atoms with E-state index in [1.165, 1.54) is 16.4 Å². The predicted molar refractivity (Wildman–Crippen MR) is 105 cm³/mol. The lowest BCUT2D eigenvalue weighted by Gasteiger charge is -2.33. The van der Waals surface area contributed by atoms with Crippen LogP contribution in [0.5, 0.6) is 5.75 Å². The standard InChI is InChI=1S/C19H23N3O5S/c1-16-7-8-18(15-19(16)22(23)24)28(25,26)21-11-9-20(10-12-21)13-14-27-17-5-3-2-4-6-17/h2-8,15H,9-14H2,1H3. The van der Waals surface area contributed by atoms with Crippen molar-refractivity contribution in [3.8, 4) is 5.75 Å². The van der Waals surface area contributed by atoms with E-state index < -0.39 is 14.9 Å². The Labute approximate surface area is 164 Å². The number of aryl methyl sites for hydroxylation is 1. The van der Waals surface area contributed by atoms with Gasteiger partial charge in [0.05, 0.1) is 9.82 Å². The number of rotatable bonds is 7. The zero-order chi connectivity index (χ0) is 20.1. The van der Waals surface area contributed by atoms with Crippen LogP contribution >= 0.6 is 0 Å². The van der Waals surface area contributed by atoms with Crippen molar-refractivity contribution in [2.45, 2.75) is 11.8 Å². The lowest BCUT2D eigenvalue weighted by Crippen LogP contribution is -2.49. The number of ether oxygens (including phenoxy) is 1. The molecule has 1 fully saturated rings. The highest BCUT2D eigenvalue weighted by molar-refractivity contribution is 7.89. The molecule has 3 rings (SSSR count). The second kappa shape index (κ2) is 8.68. The van der Waals surface area contributed by atoms with E-state index in [1.807, 2.05) is 30.3 Å². The molecule has 28 heavy (non-hydrogen) atoms. The second-order valence-corrected chi connectivity index (χ2v) is 8.55. The predicted octanol–water partition coefficient (Wildman–Crippen LogP) is 2.29. The van der Waals surface area contributed by atoms with Gasteiger partial charge in [-0.15, -0.1) is 0 Å². The average molecular weight is 405 g/mol. The molecule has 1 aliphatic heterocycles. The summed E-state index contributed by atoms with van der Waals surface area (Å²) in [6, 6.07) is 13.6. The van der Waals surface area contributed by atoms with Crippen molar-refractivity contribution >= 4 is 15.7 Å². The molecule has 1 aliphatic rings. The highest BCUT2D eigenvalue weighted by atomic mass is 32.2. The minimum absolute atomic E-state index is 0.0364. The summed E-state index contributed by atoms with van der Waals surface area (Å²) in [7, 11) is -3.75. The van der Waals surface area contributed by atoms with Crippen LogP contribution in [-0.2, 0) is 10.0 Å². The van der Waals surface area contributed by atoms with Gasteiger partial charge in [0.15, 0.2) is 0 Å². The summed E-state index contributed by atoms with van der Waals surface area (Å²) in [5.41, 5.74) is 0.255. The number of piperazine rings is 1. The third-order valence-corrected chi connectivity index (χ3v) is 6.66. The van der Waals surface area contributed by atoms with Crippen LogP contribution in [0.3, 0.4) is 0 Å². The van der Waals surface area contributed by atoms with Crippen LogP contribution in [0.4, 0.5) is 5.69 Å². The Bertz CT molecular complexity index is 926. The molecule has 0 saturated carbocycles. The molecule has 0 atom stereocenters. The molecule has 1 saturated heterocycles. The van der Waals surface area contributed by atoms with Gasteiger partial charge < -0.3 is 4.74 Å². The molecule has 0 unspecified atom stereocenters. The Morgan fingerprint density at radius 3 is 2.39 bits per heavy atom. The summed E-state index contributed by atoms with van der Waals surface area (Å²) in [5.74, 6) is 0.810. The van der Waals surface area contributed by atoms with Crippen molar-refractivity contribution in [1.29, 1.82) is 0 Å². The summed E-state index contributed by atoms with van der Waals surface area (Å²) in [6.07, 6.45) is 0. The lowest BCUT2D eigenvalue weighted by molar-refractivity contribution is -0.385. The van der Waals surface area contributed by atoms with E-state index in [-0.39, 0.29) is 10.6 Å². The maximum Gasteiger partial charge on any atom is 0.273 e. The van der Waals surface area contributed by atoms with Crippen LogP contribution in [0, 0.1) is 17.0 Å². The van der Waals surface area contributed by atoms with Gasteiger partial charge in [-0.1, -0.05) is 24.3 Å². The number of sulfonamides is 1. The van der Waals surface area contributed by atoms with Crippen LogP contribution in [0.25, 0.3) is 0 Å². The van der Waals surface area contributed by atoms with Crippen LogP contribution in [-0.4, -0.2) is 61.9 Å². The van der Waals surface area contributed by atoms with E-state index in [9.17, 15) is 18.5 Å². The monoisotopic (exact) mass is 405 g/mol. The fourth-order valence-electron chi connectivity index (χ4n) is 3.10. The van der Waals surface area contributed by atoms with Crippen molar-refractivity contribution < 1.29 is 18.1 Å². The molecule has 2 aromatic carbocycles. The third-order valence-electron chi connectivity index (χ3n) is 4.77. The number of hydrogen-bond acceptors (Lipinski definition) is 6. The van der Waals surface area contributed by atoms with Gasteiger partial charge in [-0.3, -0.25) is 15.0 Å². The smallest absolute Gasteiger partial charge is 0.273 e. The van der Waals surface area contributed by atoms with E-state index in [1.54, 1.807) is 6.92 Å². The number of nitrogens with zero attached hydrogens (tertiary/aromatic N) is 3.